The first-order chi connectivity index (χ1) is 15.4. The highest BCUT2D eigenvalue weighted by Crippen LogP contribution is 2.49. The van der Waals surface area contributed by atoms with Crippen molar-refractivity contribution in [3.63, 3.8) is 0 Å². The van der Waals surface area contributed by atoms with Crippen molar-refractivity contribution in [2.45, 2.75) is 103 Å². The first kappa shape index (κ1) is 31.3. The van der Waals surface area contributed by atoms with Gasteiger partial charge in [-0.1, -0.05) is 46.3 Å². The van der Waals surface area contributed by atoms with Gasteiger partial charge in [0.25, 0.3) is 0 Å². The molecule has 0 unspecified atom stereocenters. The van der Waals surface area contributed by atoms with Crippen LogP contribution in [0.15, 0.2) is 23.3 Å². The molecule has 0 aliphatic heterocycles. The Morgan fingerprint density at radius 2 is 1.71 bits per heavy atom. The summed E-state index contributed by atoms with van der Waals surface area (Å²) in [5.41, 5.74) is 2.33. The van der Waals surface area contributed by atoms with Crippen molar-refractivity contribution >= 4 is 22.6 Å². The molecule has 0 bridgehead atoms. The van der Waals surface area contributed by atoms with Crippen LogP contribution in [-0.4, -0.2) is 61.1 Å². The van der Waals surface area contributed by atoms with Crippen LogP contribution >= 0.6 is 0 Å². The van der Waals surface area contributed by atoms with E-state index in [1.807, 2.05) is 13.1 Å². The molecule has 0 aromatic carbocycles. The van der Waals surface area contributed by atoms with E-state index < -0.39 is 16.6 Å². The molecule has 6 nitrogen and oxygen atoms in total. The van der Waals surface area contributed by atoms with Crippen LogP contribution in [0.25, 0.3) is 0 Å². The van der Waals surface area contributed by atoms with Gasteiger partial charge in [0.1, 0.15) is 6.79 Å². The maximum Gasteiger partial charge on any atom is 0.330 e. The van der Waals surface area contributed by atoms with Crippen molar-refractivity contribution in [1.29, 1.82) is 0 Å². The summed E-state index contributed by atoms with van der Waals surface area (Å²) in [4.78, 5) is 23.1. The van der Waals surface area contributed by atoms with Gasteiger partial charge in [0.15, 0.2) is 16.6 Å². The van der Waals surface area contributed by atoms with Crippen LogP contribution < -0.4 is 0 Å². The van der Waals surface area contributed by atoms with E-state index in [4.69, 9.17) is 18.6 Å². The molecule has 198 valence electrons. The standard InChI is InChI=1S/C26H50O6Si2/c1-25(2,3)34(10,11)32-23-16-20(17-24(27)30-7)15-21(18-26(4,5)33(8,9)28)22(23)13-12-14-31-19-29-6/h13,17,21,23,28H,12,14-16,18-19H2,1-11H3/b20-17+,22-13+/t21-,23+/m0/s1. The maximum absolute atomic E-state index is 12.1. The molecule has 1 saturated carbocycles. The maximum atomic E-state index is 12.1. The normalized spacial score (nSPS) is 22.9. The molecule has 1 aliphatic carbocycles. The zero-order valence-corrected chi connectivity index (χ0v) is 25.5. The monoisotopic (exact) mass is 514 g/mol. The Balaban J connectivity index is 3.44. The van der Waals surface area contributed by atoms with Gasteiger partial charge >= 0.3 is 5.97 Å². The predicted octanol–water partition coefficient (Wildman–Crippen LogP) is 6.19. The van der Waals surface area contributed by atoms with E-state index in [2.05, 4.69) is 53.8 Å². The van der Waals surface area contributed by atoms with Gasteiger partial charge in [-0.3, -0.25) is 0 Å². The Morgan fingerprint density at radius 3 is 2.21 bits per heavy atom. The third-order valence-electron chi connectivity index (χ3n) is 7.82. The molecule has 1 fully saturated rings. The molecule has 0 amide bonds. The van der Waals surface area contributed by atoms with Gasteiger partial charge in [0.05, 0.1) is 19.8 Å². The van der Waals surface area contributed by atoms with Gasteiger partial charge in [-0.25, -0.2) is 4.79 Å². The summed E-state index contributed by atoms with van der Waals surface area (Å²) in [5.74, 6) is -0.146. The molecule has 0 aromatic heterocycles. The van der Waals surface area contributed by atoms with E-state index in [-0.39, 0.29) is 34.9 Å². The molecular formula is C26H50O6Si2. The second kappa shape index (κ2) is 12.5. The predicted molar refractivity (Wildman–Crippen MR) is 144 cm³/mol. The van der Waals surface area contributed by atoms with E-state index in [9.17, 15) is 9.59 Å². The molecule has 2 atom stereocenters. The van der Waals surface area contributed by atoms with E-state index in [0.717, 1.165) is 24.8 Å². The molecular weight excluding hydrogens is 464 g/mol. The number of carbonyl (C=O) groups is 1. The number of esters is 1. The van der Waals surface area contributed by atoms with Crippen molar-refractivity contribution in [3.8, 4) is 0 Å². The second-order valence-corrected chi connectivity index (χ2v) is 21.5. The topological polar surface area (TPSA) is 74.2 Å². The van der Waals surface area contributed by atoms with Crippen LogP contribution in [-0.2, 0) is 23.4 Å². The van der Waals surface area contributed by atoms with Crippen LogP contribution in [0.3, 0.4) is 0 Å². The van der Waals surface area contributed by atoms with Crippen molar-refractivity contribution in [3.05, 3.63) is 23.3 Å². The Labute approximate surface area is 210 Å². The number of rotatable bonds is 11. The van der Waals surface area contributed by atoms with Gasteiger partial charge in [-0.2, -0.15) is 0 Å². The number of ether oxygens (including phenoxy) is 3. The van der Waals surface area contributed by atoms with Crippen molar-refractivity contribution in [1.82, 2.24) is 0 Å². The number of carbonyl (C=O) groups excluding carboxylic acids is 1. The van der Waals surface area contributed by atoms with E-state index in [1.54, 1.807) is 13.2 Å². The molecule has 0 aromatic rings. The summed E-state index contributed by atoms with van der Waals surface area (Å²) in [6, 6.07) is 0. The Hall–Kier alpha value is -0.776. The van der Waals surface area contributed by atoms with Crippen LogP contribution in [0, 0.1) is 5.92 Å². The Morgan fingerprint density at radius 1 is 1.09 bits per heavy atom. The number of hydrogen-bond acceptors (Lipinski definition) is 6. The highest BCUT2D eigenvalue weighted by molar-refractivity contribution is 6.74. The zero-order chi connectivity index (χ0) is 26.4. The average molecular weight is 515 g/mol. The highest BCUT2D eigenvalue weighted by Gasteiger charge is 2.45. The van der Waals surface area contributed by atoms with Crippen LogP contribution in [0.5, 0.6) is 0 Å². The van der Waals surface area contributed by atoms with Gasteiger partial charge in [0.2, 0.25) is 0 Å². The summed E-state index contributed by atoms with van der Waals surface area (Å²) in [5, 5.41) is -0.128. The van der Waals surface area contributed by atoms with Crippen molar-refractivity contribution < 1.29 is 28.2 Å². The first-order valence-corrected chi connectivity index (χ1v) is 18.2. The lowest BCUT2D eigenvalue weighted by molar-refractivity contribution is -0.134. The Bertz CT molecular complexity index is 687. The minimum absolute atomic E-state index is 0.0676. The minimum atomic E-state index is -2.42. The van der Waals surface area contributed by atoms with Gasteiger partial charge < -0.3 is 23.4 Å². The van der Waals surface area contributed by atoms with Gasteiger partial charge in [0, 0.05) is 13.2 Å². The third-order valence-corrected chi connectivity index (χ3v) is 15.8. The van der Waals surface area contributed by atoms with Crippen LogP contribution in [0.4, 0.5) is 0 Å². The molecule has 0 spiro atoms. The molecule has 0 saturated heterocycles. The molecule has 1 aliphatic rings. The lowest BCUT2D eigenvalue weighted by Gasteiger charge is -2.46. The van der Waals surface area contributed by atoms with Crippen LogP contribution in [0.1, 0.15) is 60.3 Å². The number of hydrogen-bond donors (Lipinski definition) is 1. The summed E-state index contributed by atoms with van der Waals surface area (Å²) in [6.45, 7) is 20.5. The largest absolute Gasteiger partial charge is 0.466 e. The van der Waals surface area contributed by atoms with E-state index in [0.29, 0.717) is 13.0 Å². The quantitative estimate of drug-likeness (QED) is 0.0885. The summed E-state index contributed by atoms with van der Waals surface area (Å²) in [6.07, 6.45) is 6.87. The lowest BCUT2D eigenvalue weighted by Crippen LogP contribution is -2.47. The molecule has 1 rings (SSSR count). The molecule has 8 heteroatoms. The van der Waals surface area contributed by atoms with Crippen molar-refractivity contribution in [2.75, 3.05) is 27.6 Å². The fourth-order valence-corrected chi connectivity index (χ4v) is 5.96. The fraction of sp³-hybridized carbons (Fsp3) is 0.808. The molecule has 0 heterocycles. The summed E-state index contributed by atoms with van der Waals surface area (Å²) < 4.78 is 22.5. The fourth-order valence-electron chi connectivity index (χ4n) is 3.93. The average Bonchev–Trinajstić information content (AvgIpc) is 2.67. The first-order valence-electron chi connectivity index (χ1n) is 12.4. The SMILES string of the molecule is COCOCC/C=C1\[C@H](CC(C)(C)[Si](C)(C)O)C/C(=C\C(=O)OC)C[C@H]1O[Si](C)(C)C(C)(C)C. The van der Waals surface area contributed by atoms with E-state index >= 15 is 0 Å². The highest BCUT2D eigenvalue weighted by atomic mass is 28.4. The second-order valence-electron chi connectivity index (χ2n) is 12.3. The zero-order valence-electron chi connectivity index (χ0n) is 23.5. The molecule has 1 N–H and O–H groups in total. The molecule has 0 radical (unpaired) electrons. The van der Waals surface area contributed by atoms with Crippen LogP contribution in [0.2, 0.25) is 36.3 Å². The lowest BCUT2D eigenvalue weighted by atomic mass is 9.75. The third kappa shape index (κ3) is 9.02. The van der Waals surface area contributed by atoms with Gasteiger partial charge in [-0.15, -0.1) is 0 Å². The number of methoxy groups -OCH3 is 2. The minimum Gasteiger partial charge on any atom is -0.466 e. The molecule has 34 heavy (non-hydrogen) atoms. The smallest absolute Gasteiger partial charge is 0.330 e. The van der Waals surface area contributed by atoms with E-state index in [1.165, 1.54) is 12.7 Å². The van der Waals surface area contributed by atoms with Crippen molar-refractivity contribution in [2.24, 2.45) is 5.92 Å². The van der Waals surface area contributed by atoms with Gasteiger partial charge in [-0.05, 0) is 73.4 Å². The summed E-state index contributed by atoms with van der Waals surface area (Å²) in [7, 11) is -1.46. The summed E-state index contributed by atoms with van der Waals surface area (Å²) >= 11 is 0. The Kier molecular flexibility index (Phi) is 11.4.